The summed E-state index contributed by atoms with van der Waals surface area (Å²) < 4.78 is 15.9. The molecule has 7 heteroatoms. The number of anilines is 1. The van der Waals surface area contributed by atoms with Crippen LogP contribution in [0.2, 0.25) is 0 Å². The maximum Gasteiger partial charge on any atom is 0.324 e. The molecule has 1 unspecified atom stereocenters. The van der Waals surface area contributed by atoms with Crippen molar-refractivity contribution < 1.29 is 14.2 Å². The van der Waals surface area contributed by atoms with Gasteiger partial charge in [-0.05, 0) is 20.3 Å². The number of aromatic nitrogens is 3. The van der Waals surface area contributed by atoms with Crippen molar-refractivity contribution in [2.75, 3.05) is 32.2 Å². The predicted molar refractivity (Wildman–Crippen MR) is 71.7 cm³/mol. The molecule has 0 aliphatic rings. The zero-order valence-corrected chi connectivity index (χ0v) is 12.0. The molecule has 7 nitrogen and oxygen atoms in total. The van der Waals surface area contributed by atoms with E-state index < -0.39 is 0 Å². The Balaban J connectivity index is 2.79. The Kier molecular flexibility index (Phi) is 6.88. The number of hydrogen-bond donors (Lipinski definition) is 1. The molecule has 19 heavy (non-hydrogen) atoms. The number of nitrogens with one attached hydrogen (secondary N) is 1. The van der Waals surface area contributed by atoms with Gasteiger partial charge in [0.05, 0.1) is 13.2 Å². The van der Waals surface area contributed by atoms with Gasteiger partial charge in [0, 0.05) is 13.7 Å². The highest BCUT2D eigenvalue weighted by atomic mass is 16.5. The van der Waals surface area contributed by atoms with E-state index in [0.717, 1.165) is 13.0 Å². The van der Waals surface area contributed by atoms with Crippen molar-refractivity contribution >= 4 is 5.95 Å². The Morgan fingerprint density at radius 2 is 1.89 bits per heavy atom. The summed E-state index contributed by atoms with van der Waals surface area (Å²) in [6, 6.07) is 0.498. The van der Waals surface area contributed by atoms with E-state index in [2.05, 4.69) is 27.2 Å². The Morgan fingerprint density at radius 1 is 1.16 bits per heavy atom. The van der Waals surface area contributed by atoms with Crippen LogP contribution in [0.1, 0.15) is 27.2 Å². The van der Waals surface area contributed by atoms with Crippen molar-refractivity contribution in [1.29, 1.82) is 0 Å². The van der Waals surface area contributed by atoms with E-state index in [1.54, 1.807) is 7.11 Å². The third-order valence-electron chi connectivity index (χ3n) is 2.11. The first-order chi connectivity index (χ1) is 9.19. The molecule has 1 rings (SSSR count). The molecular weight excluding hydrogens is 248 g/mol. The van der Waals surface area contributed by atoms with E-state index >= 15 is 0 Å². The van der Waals surface area contributed by atoms with Gasteiger partial charge in [0.1, 0.15) is 6.10 Å². The first-order valence-corrected chi connectivity index (χ1v) is 6.47. The summed E-state index contributed by atoms with van der Waals surface area (Å²) in [6.45, 7) is 7.56. The van der Waals surface area contributed by atoms with E-state index in [4.69, 9.17) is 14.2 Å². The highest BCUT2D eigenvalue weighted by molar-refractivity contribution is 5.27. The van der Waals surface area contributed by atoms with Gasteiger partial charge in [0.2, 0.25) is 5.95 Å². The Bertz CT molecular complexity index is 376. The van der Waals surface area contributed by atoms with Gasteiger partial charge in [0.25, 0.3) is 0 Å². The maximum absolute atomic E-state index is 5.56. The zero-order chi connectivity index (χ0) is 14.1. The molecule has 1 aromatic rings. The molecule has 0 amide bonds. The monoisotopic (exact) mass is 270 g/mol. The zero-order valence-electron chi connectivity index (χ0n) is 12.0. The maximum atomic E-state index is 5.56. The van der Waals surface area contributed by atoms with Crippen LogP contribution >= 0.6 is 0 Å². The quantitative estimate of drug-likeness (QED) is 0.728. The highest BCUT2D eigenvalue weighted by Crippen LogP contribution is 2.14. The molecule has 0 saturated carbocycles. The van der Waals surface area contributed by atoms with Gasteiger partial charge in [-0.25, -0.2) is 0 Å². The van der Waals surface area contributed by atoms with Crippen LogP contribution < -0.4 is 14.8 Å². The summed E-state index contributed by atoms with van der Waals surface area (Å²) in [5, 5.41) is 3.09. The largest absolute Gasteiger partial charge is 0.464 e. The van der Waals surface area contributed by atoms with Crippen molar-refractivity contribution in [2.45, 2.75) is 33.3 Å². The van der Waals surface area contributed by atoms with Gasteiger partial charge in [-0.2, -0.15) is 9.97 Å². The Hall–Kier alpha value is -1.63. The van der Waals surface area contributed by atoms with E-state index in [1.807, 2.05) is 13.8 Å². The topological polar surface area (TPSA) is 78.4 Å². The van der Waals surface area contributed by atoms with E-state index in [0.29, 0.717) is 19.2 Å². The summed E-state index contributed by atoms with van der Waals surface area (Å²) in [5.74, 6) is 0.458. The molecule has 1 aromatic heterocycles. The molecular formula is C12H22N4O3. The van der Waals surface area contributed by atoms with Crippen molar-refractivity contribution in [3.05, 3.63) is 0 Å². The minimum atomic E-state index is -0.138. The molecule has 1 atom stereocenters. The van der Waals surface area contributed by atoms with Crippen LogP contribution in [0, 0.1) is 0 Å². The lowest BCUT2D eigenvalue weighted by molar-refractivity contribution is 0.0846. The SMILES string of the molecule is CCCNc1nc(OCC)nc(OC(C)COC)n1. The molecule has 0 saturated heterocycles. The first-order valence-electron chi connectivity index (χ1n) is 6.47. The van der Waals surface area contributed by atoms with E-state index in [-0.39, 0.29) is 18.1 Å². The van der Waals surface area contributed by atoms with Gasteiger partial charge in [-0.1, -0.05) is 6.92 Å². The summed E-state index contributed by atoms with van der Waals surface area (Å²) in [4.78, 5) is 12.4. The normalized spacial score (nSPS) is 12.0. The van der Waals surface area contributed by atoms with Crippen molar-refractivity contribution in [3.63, 3.8) is 0 Å². The molecule has 0 radical (unpaired) electrons. The van der Waals surface area contributed by atoms with Crippen LogP contribution in [-0.4, -0.2) is 47.9 Å². The standard InChI is InChI=1S/C12H22N4O3/c1-5-7-13-10-14-11(18-6-2)16-12(15-10)19-9(3)8-17-4/h9H,5-8H2,1-4H3,(H,13,14,15,16). The Labute approximate surface area is 113 Å². The summed E-state index contributed by atoms with van der Waals surface area (Å²) >= 11 is 0. The molecule has 0 aliphatic carbocycles. The second-order valence-electron chi connectivity index (χ2n) is 3.97. The van der Waals surface area contributed by atoms with Crippen molar-refractivity contribution in [2.24, 2.45) is 0 Å². The number of methoxy groups -OCH3 is 1. The fourth-order valence-corrected chi connectivity index (χ4v) is 1.35. The van der Waals surface area contributed by atoms with Crippen LogP contribution in [0.25, 0.3) is 0 Å². The van der Waals surface area contributed by atoms with Crippen LogP contribution in [0.15, 0.2) is 0 Å². The average Bonchev–Trinajstić information content (AvgIpc) is 2.36. The summed E-state index contributed by atoms with van der Waals surface area (Å²) in [5.41, 5.74) is 0. The van der Waals surface area contributed by atoms with Gasteiger partial charge >= 0.3 is 12.0 Å². The molecule has 0 aromatic carbocycles. The lowest BCUT2D eigenvalue weighted by Gasteiger charge is -2.13. The lowest BCUT2D eigenvalue weighted by Crippen LogP contribution is -2.20. The average molecular weight is 270 g/mol. The second kappa shape index (κ2) is 8.47. The van der Waals surface area contributed by atoms with E-state index in [1.165, 1.54) is 0 Å². The number of rotatable bonds is 9. The van der Waals surface area contributed by atoms with Crippen LogP contribution in [0.4, 0.5) is 5.95 Å². The minimum Gasteiger partial charge on any atom is -0.464 e. The van der Waals surface area contributed by atoms with Gasteiger partial charge in [0.15, 0.2) is 0 Å². The second-order valence-corrected chi connectivity index (χ2v) is 3.97. The molecule has 0 aliphatic heterocycles. The number of ether oxygens (including phenoxy) is 3. The van der Waals surface area contributed by atoms with Crippen LogP contribution in [0.3, 0.4) is 0 Å². The molecule has 0 fully saturated rings. The summed E-state index contributed by atoms with van der Waals surface area (Å²) in [6.07, 6.45) is 0.840. The lowest BCUT2D eigenvalue weighted by atomic mass is 10.4. The number of nitrogens with zero attached hydrogens (tertiary/aromatic N) is 3. The van der Waals surface area contributed by atoms with Crippen molar-refractivity contribution in [3.8, 4) is 12.0 Å². The minimum absolute atomic E-state index is 0.138. The molecule has 0 bridgehead atoms. The molecule has 1 heterocycles. The van der Waals surface area contributed by atoms with Crippen LogP contribution in [0.5, 0.6) is 12.0 Å². The molecule has 1 N–H and O–H groups in total. The fraction of sp³-hybridized carbons (Fsp3) is 0.750. The third kappa shape index (κ3) is 5.69. The van der Waals surface area contributed by atoms with Crippen LogP contribution in [-0.2, 0) is 4.74 Å². The smallest absolute Gasteiger partial charge is 0.324 e. The molecule has 108 valence electrons. The summed E-state index contributed by atoms with van der Waals surface area (Å²) in [7, 11) is 1.62. The predicted octanol–water partition coefficient (Wildman–Crippen LogP) is 1.51. The van der Waals surface area contributed by atoms with Gasteiger partial charge < -0.3 is 19.5 Å². The third-order valence-corrected chi connectivity index (χ3v) is 2.11. The first kappa shape index (κ1) is 15.4. The fourth-order valence-electron chi connectivity index (χ4n) is 1.35. The van der Waals surface area contributed by atoms with Gasteiger partial charge in [-0.3, -0.25) is 0 Å². The number of hydrogen-bond acceptors (Lipinski definition) is 7. The molecule has 0 spiro atoms. The van der Waals surface area contributed by atoms with Crippen molar-refractivity contribution in [1.82, 2.24) is 15.0 Å². The van der Waals surface area contributed by atoms with Gasteiger partial charge in [-0.15, -0.1) is 4.98 Å². The highest BCUT2D eigenvalue weighted by Gasteiger charge is 2.11. The van der Waals surface area contributed by atoms with E-state index in [9.17, 15) is 0 Å². The Morgan fingerprint density at radius 3 is 2.53 bits per heavy atom.